The summed E-state index contributed by atoms with van der Waals surface area (Å²) in [5.74, 6) is -0.328. The quantitative estimate of drug-likeness (QED) is 0.586. The maximum Gasteiger partial charge on any atom is 0.250 e. The summed E-state index contributed by atoms with van der Waals surface area (Å²) < 4.78 is 2.18. The van der Waals surface area contributed by atoms with Crippen LogP contribution >= 0.6 is 0 Å². The summed E-state index contributed by atoms with van der Waals surface area (Å²) in [5, 5.41) is 3.49. The lowest BCUT2D eigenvalue weighted by Crippen LogP contribution is -2.47. The highest BCUT2D eigenvalue weighted by Crippen LogP contribution is 2.40. The summed E-state index contributed by atoms with van der Waals surface area (Å²) in [7, 11) is 0. The van der Waals surface area contributed by atoms with Gasteiger partial charge < -0.3 is 26.3 Å². The number of benzene rings is 1. The maximum absolute atomic E-state index is 13.3. The van der Waals surface area contributed by atoms with Gasteiger partial charge in [-0.2, -0.15) is 0 Å². The molecule has 1 aromatic carbocycles. The highest BCUT2D eigenvalue weighted by Gasteiger charge is 2.37. The van der Waals surface area contributed by atoms with Crippen LogP contribution in [0.25, 0.3) is 5.69 Å². The summed E-state index contributed by atoms with van der Waals surface area (Å²) >= 11 is 0. The number of fused-ring (bicyclic) bond motifs is 6. The van der Waals surface area contributed by atoms with Crippen LogP contribution in [0.5, 0.6) is 0 Å². The molecule has 200 valence electrons. The molecule has 1 aliphatic carbocycles. The molecule has 2 aliphatic rings. The number of hydrogen-bond donors (Lipinski definition) is 3. The fraction of sp³-hybridized carbons (Fsp3) is 0.552. The first-order valence-electron chi connectivity index (χ1n) is 13.4. The Morgan fingerprint density at radius 2 is 1.89 bits per heavy atom. The Hall–Kier alpha value is -3.13. The Morgan fingerprint density at radius 3 is 2.54 bits per heavy atom. The molecule has 1 aromatic heterocycles. The first-order valence-corrected chi connectivity index (χ1v) is 13.4. The summed E-state index contributed by atoms with van der Waals surface area (Å²) in [5.41, 5.74) is 17.5. The van der Waals surface area contributed by atoms with Gasteiger partial charge in [0.25, 0.3) is 5.91 Å². The number of nitrogens with zero attached hydrogens (tertiary/aromatic N) is 2. The van der Waals surface area contributed by atoms with Crippen LogP contribution in [0.1, 0.15) is 85.1 Å². The molecule has 0 saturated heterocycles. The molecule has 37 heavy (non-hydrogen) atoms. The second kappa shape index (κ2) is 9.97. The Balaban J connectivity index is 1.94. The van der Waals surface area contributed by atoms with E-state index < -0.39 is 11.9 Å². The van der Waals surface area contributed by atoms with Crippen LogP contribution in [0.3, 0.4) is 0 Å². The topological polar surface area (TPSA) is 123 Å². The molecule has 0 saturated carbocycles. The number of anilines is 1. The van der Waals surface area contributed by atoms with E-state index in [2.05, 4.69) is 30.7 Å². The standard InChI is InChI=1S/C29H41N5O3/c1-7-21(30)28(37)33-11-10-23-17(3)26-24(13-29(5,6)14-25(26)35)34(23)19-8-9-20(27(31)36)22(12-19)32-18(4)16(2)15-33/h8-9,12,16,18,21,32H,7,10-11,13-15,30H2,1-6H3,(H2,31,36)/t16-,18+,21+/m1/s1. The molecule has 2 heterocycles. The van der Waals surface area contributed by atoms with Crippen LogP contribution in [-0.2, 0) is 17.6 Å². The van der Waals surface area contributed by atoms with E-state index >= 15 is 0 Å². The van der Waals surface area contributed by atoms with Crippen molar-refractivity contribution in [3.8, 4) is 5.69 Å². The van der Waals surface area contributed by atoms with E-state index in [-0.39, 0.29) is 29.1 Å². The second-order valence-electron chi connectivity index (χ2n) is 11.7. The Morgan fingerprint density at radius 1 is 1.19 bits per heavy atom. The fourth-order valence-electron chi connectivity index (χ4n) is 5.83. The molecule has 3 atom stereocenters. The average Bonchev–Trinajstić information content (AvgIpc) is 3.09. The monoisotopic (exact) mass is 507 g/mol. The van der Waals surface area contributed by atoms with Crippen molar-refractivity contribution >= 4 is 23.3 Å². The molecule has 0 fully saturated rings. The van der Waals surface area contributed by atoms with Gasteiger partial charge in [0.2, 0.25) is 5.91 Å². The molecule has 2 amide bonds. The molecule has 4 rings (SSSR count). The van der Waals surface area contributed by atoms with Crippen molar-refractivity contribution in [3.63, 3.8) is 0 Å². The summed E-state index contributed by atoms with van der Waals surface area (Å²) in [6, 6.07) is 5.04. The van der Waals surface area contributed by atoms with E-state index in [1.54, 1.807) is 6.07 Å². The first kappa shape index (κ1) is 26.9. The van der Waals surface area contributed by atoms with E-state index in [1.807, 2.05) is 37.8 Å². The zero-order valence-electron chi connectivity index (χ0n) is 23.0. The molecule has 8 nitrogen and oxygen atoms in total. The molecule has 0 spiro atoms. The zero-order valence-corrected chi connectivity index (χ0v) is 23.0. The Bertz CT molecular complexity index is 1240. The number of nitrogens with two attached hydrogens (primary N) is 2. The summed E-state index contributed by atoms with van der Waals surface area (Å²) in [4.78, 5) is 40.8. The van der Waals surface area contributed by atoms with Gasteiger partial charge in [-0.25, -0.2) is 0 Å². The number of amides is 2. The lowest BCUT2D eigenvalue weighted by molar-refractivity contribution is -0.133. The highest BCUT2D eigenvalue weighted by molar-refractivity contribution is 6.01. The largest absolute Gasteiger partial charge is 0.382 e. The lowest BCUT2D eigenvalue weighted by Gasteiger charge is -2.33. The Labute approximate surface area is 219 Å². The van der Waals surface area contributed by atoms with Gasteiger partial charge in [0, 0.05) is 60.3 Å². The normalized spacial score (nSPS) is 22.1. The number of hydrogen-bond acceptors (Lipinski definition) is 5. The second-order valence-corrected chi connectivity index (χ2v) is 11.7. The van der Waals surface area contributed by atoms with E-state index in [0.717, 1.165) is 34.6 Å². The van der Waals surface area contributed by atoms with Gasteiger partial charge in [0.15, 0.2) is 5.78 Å². The minimum Gasteiger partial charge on any atom is -0.382 e. The third-order valence-electron chi connectivity index (χ3n) is 8.16. The minimum atomic E-state index is -0.555. The summed E-state index contributed by atoms with van der Waals surface area (Å²) in [6.07, 6.45) is 2.42. The Kier molecular flexibility index (Phi) is 7.25. The molecular weight excluding hydrogens is 466 g/mol. The smallest absolute Gasteiger partial charge is 0.250 e. The van der Waals surface area contributed by atoms with Crippen molar-refractivity contribution in [2.75, 3.05) is 18.4 Å². The number of Topliss-reactive ketones (excluding diaryl/α,β-unsaturated/α-hetero) is 1. The van der Waals surface area contributed by atoms with E-state index in [9.17, 15) is 14.4 Å². The highest BCUT2D eigenvalue weighted by atomic mass is 16.2. The van der Waals surface area contributed by atoms with Crippen molar-refractivity contribution < 1.29 is 14.4 Å². The van der Waals surface area contributed by atoms with E-state index in [1.165, 1.54) is 0 Å². The van der Waals surface area contributed by atoms with Crippen LogP contribution in [-0.4, -0.2) is 52.2 Å². The molecule has 0 unspecified atom stereocenters. The SMILES string of the molecule is CC[C@H](N)C(=O)N1CCc2c(C)c3c(n2-c2ccc(C(N)=O)c(c2)N[C@@H](C)[C@H](C)C1)CC(C)(C)CC3=O. The number of carbonyl (C=O) groups is 3. The van der Waals surface area contributed by atoms with Crippen LogP contribution < -0.4 is 16.8 Å². The van der Waals surface area contributed by atoms with Crippen molar-refractivity contribution in [1.82, 2.24) is 9.47 Å². The number of aromatic nitrogens is 1. The minimum absolute atomic E-state index is 0.0405. The van der Waals surface area contributed by atoms with Crippen LogP contribution in [0.15, 0.2) is 18.2 Å². The van der Waals surface area contributed by atoms with Gasteiger partial charge in [-0.05, 0) is 61.8 Å². The predicted octanol–water partition coefficient (Wildman–Crippen LogP) is 3.60. The van der Waals surface area contributed by atoms with Gasteiger partial charge in [-0.1, -0.05) is 27.7 Å². The van der Waals surface area contributed by atoms with Crippen LogP contribution in [0.4, 0.5) is 5.69 Å². The molecule has 1 aliphatic heterocycles. The molecule has 0 radical (unpaired) electrons. The van der Waals surface area contributed by atoms with Crippen molar-refractivity contribution in [3.05, 3.63) is 46.3 Å². The molecule has 2 bridgehead atoms. The summed E-state index contributed by atoms with van der Waals surface area (Å²) in [6.45, 7) is 13.3. The number of primary amides is 1. The predicted molar refractivity (Wildman–Crippen MR) is 146 cm³/mol. The van der Waals surface area contributed by atoms with E-state index in [4.69, 9.17) is 11.5 Å². The molecule has 8 heteroatoms. The zero-order chi connectivity index (χ0) is 27.2. The molecular formula is C29H41N5O3. The average molecular weight is 508 g/mol. The third-order valence-corrected chi connectivity index (χ3v) is 8.16. The van der Waals surface area contributed by atoms with Crippen molar-refractivity contribution in [1.29, 1.82) is 0 Å². The lowest BCUT2D eigenvalue weighted by atomic mass is 9.75. The van der Waals surface area contributed by atoms with Crippen molar-refractivity contribution in [2.24, 2.45) is 22.8 Å². The number of ketones is 1. The van der Waals surface area contributed by atoms with Gasteiger partial charge in [0.1, 0.15) is 0 Å². The number of rotatable bonds is 3. The molecule has 2 aromatic rings. The van der Waals surface area contributed by atoms with Gasteiger partial charge in [0.05, 0.1) is 11.6 Å². The molecule has 5 N–H and O–H groups in total. The van der Waals surface area contributed by atoms with Crippen LogP contribution in [0, 0.1) is 18.3 Å². The van der Waals surface area contributed by atoms with Gasteiger partial charge >= 0.3 is 0 Å². The number of nitrogens with one attached hydrogen (secondary N) is 1. The number of carbonyl (C=O) groups excluding carboxylic acids is 3. The van der Waals surface area contributed by atoms with Gasteiger partial charge in [-0.15, -0.1) is 0 Å². The van der Waals surface area contributed by atoms with Crippen molar-refractivity contribution in [2.45, 2.75) is 79.3 Å². The van der Waals surface area contributed by atoms with E-state index in [0.29, 0.717) is 43.6 Å². The fourth-order valence-corrected chi connectivity index (χ4v) is 5.83. The third kappa shape index (κ3) is 5.04. The maximum atomic E-state index is 13.3. The van der Waals surface area contributed by atoms with Gasteiger partial charge in [-0.3, -0.25) is 14.4 Å². The van der Waals surface area contributed by atoms with Crippen LogP contribution in [0.2, 0.25) is 0 Å². The first-order chi connectivity index (χ1) is 17.3.